The van der Waals surface area contributed by atoms with Crippen molar-refractivity contribution in [3.05, 3.63) is 40.9 Å². The highest BCUT2D eigenvalue weighted by molar-refractivity contribution is 7.13. The Morgan fingerprint density at radius 3 is 2.76 bits per heavy atom. The van der Waals surface area contributed by atoms with E-state index in [1.165, 1.54) is 11.3 Å². The van der Waals surface area contributed by atoms with E-state index in [9.17, 15) is 14.7 Å². The number of hydrogen-bond donors (Lipinski definition) is 3. The lowest BCUT2D eigenvalue weighted by Crippen LogP contribution is -2.12. The van der Waals surface area contributed by atoms with Crippen LogP contribution in [0.4, 0.5) is 5.13 Å². The number of aromatic nitrogens is 1. The molecule has 110 valence electrons. The molecule has 0 radical (unpaired) electrons. The van der Waals surface area contributed by atoms with Crippen molar-refractivity contribution >= 4 is 28.3 Å². The second kappa shape index (κ2) is 6.85. The highest BCUT2D eigenvalue weighted by atomic mass is 32.1. The number of thiazole rings is 1. The number of nitrogens with one attached hydrogen (secondary N) is 1. The summed E-state index contributed by atoms with van der Waals surface area (Å²) in [5.41, 5.74) is 1.13. The summed E-state index contributed by atoms with van der Waals surface area (Å²) in [4.78, 5) is 26.4. The molecule has 0 bridgehead atoms. The van der Waals surface area contributed by atoms with E-state index in [2.05, 4.69) is 10.3 Å². The summed E-state index contributed by atoms with van der Waals surface area (Å²) < 4.78 is 0. The SMILES string of the molecule is O=C(O)Cc1csc(NC(=O)CCc2ccccc2O)n1. The average molecular weight is 306 g/mol. The molecule has 0 atom stereocenters. The van der Waals surface area contributed by atoms with Crippen molar-refractivity contribution in [2.24, 2.45) is 0 Å². The average Bonchev–Trinajstić information content (AvgIpc) is 2.84. The zero-order valence-electron chi connectivity index (χ0n) is 11.1. The maximum absolute atomic E-state index is 11.8. The third-order valence-electron chi connectivity index (χ3n) is 2.74. The van der Waals surface area contributed by atoms with Gasteiger partial charge in [0.1, 0.15) is 5.75 Å². The van der Waals surface area contributed by atoms with E-state index >= 15 is 0 Å². The first-order chi connectivity index (χ1) is 10.0. The lowest BCUT2D eigenvalue weighted by atomic mass is 10.1. The molecule has 0 saturated carbocycles. The van der Waals surface area contributed by atoms with Crippen LogP contribution in [-0.2, 0) is 22.4 Å². The molecular formula is C14H14N2O4S. The number of amides is 1. The largest absolute Gasteiger partial charge is 0.508 e. The quantitative estimate of drug-likeness (QED) is 0.758. The van der Waals surface area contributed by atoms with Gasteiger partial charge in [0.2, 0.25) is 5.91 Å². The smallest absolute Gasteiger partial charge is 0.309 e. The van der Waals surface area contributed by atoms with E-state index in [0.717, 1.165) is 0 Å². The fraction of sp³-hybridized carbons (Fsp3) is 0.214. The van der Waals surface area contributed by atoms with Gasteiger partial charge in [-0.25, -0.2) is 4.98 Å². The second-order valence-corrected chi connectivity index (χ2v) is 5.25. The first-order valence-corrected chi connectivity index (χ1v) is 7.15. The minimum Gasteiger partial charge on any atom is -0.508 e. The van der Waals surface area contributed by atoms with Gasteiger partial charge in [0, 0.05) is 11.8 Å². The van der Waals surface area contributed by atoms with Crippen LogP contribution in [0, 0.1) is 0 Å². The summed E-state index contributed by atoms with van der Waals surface area (Å²) in [6, 6.07) is 6.85. The zero-order valence-corrected chi connectivity index (χ0v) is 11.9. The summed E-state index contributed by atoms with van der Waals surface area (Å²) in [5, 5.41) is 22.9. The van der Waals surface area contributed by atoms with Gasteiger partial charge in [0.15, 0.2) is 5.13 Å². The van der Waals surface area contributed by atoms with Gasteiger partial charge in [-0.1, -0.05) is 18.2 Å². The molecule has 1 amide bonds. The molecule has 0 aliphatic heterocycles. The summed E-state index contributed by atoms with van der Waals surface area (Å²) >= 11 is 1.19. The fourth-order valence-corrected chi connectivity index (χ4v) is 2.48. The van der Waals surface area contributed by atoms with Gasteiger partial charge in [-0.3, -0.25) is 9.59 Å². The summed E-state index contributed by atoms with van der Waals surface area (Å²) in [6.07, 6.45) is 0.474. The molecule has 2 rings (SSSR count). The van der Waals surface area contributed by atoms with Gasteiger partial charge in [-0.15, -0.1) is 11.3 Å². The lowest BCUT2D eigenvalue weighted by molar-refractivity contribution is -0.136. The fourth-order valence-electron chi connectivity index (χ4n) is 1.75. The van der Waals surface area contributed by atoms with E-state index in [1.54, 1.807) is 29.6 Å². The molecule has 1 aromatic carbocycles. The molecule has 0 saturated heterocycles. The third-order valence-corrected chi connectivity index (χ3v) is 3.55. The molecule has 0 fully saturated rings. The lowest BCUT2D eigenvalue weighted by Gasteiger charge is -2.04. The summed E-state index contributed by atoms with van der Waals surface area (Å²) in [7, 11) is 0. The third kappa shape index (κ3) is 4.57. The predicted octanol–water partition coefficient (Wildman–Crippen LogP) is 2.05. The predicted molar refractivity (Wildman–Crippen MR) is 78.5 cm³/mol. The Bertz CT molecular complexity index is 654. The van der Waals surface area contributed by atoms with E-state index in [1.807, 2.05) is 0 Å². The number of phenolic OH excluding ortho intramolecular Hbond substituents is 1. The number of carbonyl (C=O) groups excluding carboxylic acids is 1. The van der Waals surface area contributed by atoms with Crippen molar-refractivity contribution in [3.63, 3.8) is 0 Å². The molecule has 1 heterocycles. The number of anilines is 1. The van der Waals surface area contributed by atoms with Gasteiger partial charge >= 0.3 is 5.97 Å². The molecule has 7 heteroatoms. The van der Waals surface area contributed by atoms with Crippen LogP contribution >= 0.6 is 11.3 Å². The number of aryl methyl sites for hydroxylation is 1. The number of carboxylic acids is 1. The number of phenols is 1. The number of aliphatic carboxylic acids is 1. The van der Waals surface area contributed by atoms with Gasteiger partial charge in [-0.2, -0.15) is 0 Å². The number of rotatable bonds is 6. The van der Waals surface area contributed by atoms with Crippen molar-refractivity contribution in [1.82, 2.24) is 4.98 Å². The Morgan fingerprint density at radius 2 is 2.05 bits per heavy atom. The normalized spacial score (nSPS) is 10.3. The van der Waals surface area contributed by atoms with Crippen LogP contribution < -0.4 is 5.32 Å². The summed E-state index contributed by atoms with van der Waals surface area (Å²) in [5.74, 6) is -1.02. The number of hydrogen-bond acceptors (Lipinski definition) is 5. The summed E-state index contributed by atoms with van der Waals surface area (Å²) in [6.45, 7) is 0. The van der Waals surface area contributed by atoms with Gasteiger partial charge in [-0.05, 0) is 18.1 Å². The maximum atomic E-state index is 11.8. The Morgan fingerprint density at radius 1 is 1.29 bits per heavy atom. The number of carboxylic acid groups (broad SMARTS) is 1. The number of benzene rings is 1. The molecule has 0 unspecified atom stereocenters. The van der Waals surface area contributed by atoms with E-state index in [4.69, 9.17) is 5.11 Å². The zero-order chi connectivity index (χ0) is 15.2. The van der Waals surface area contributed by atoms with Crippen LogP contribution in [0.3, 0.4) is 0 Å². The minimum absolute atomic E-state index is 0.162. The van der Waals surface area contributed by atoms with Crippen LogP contribution in [0.2, 0.25) is 0 Å². The first-order valence-electron chi connectivity index (χ1n) is 6.27. The second-order valence-electron chi connectivity index (χ2n) is 4.39. The van der Waals surface area contributed by atoms with Gasteiger partial charge in [0.05, 0.1) is 12.1 Å². The number of carbonyl (C=O) groups is 2. The number of nitrogens with zero attached hydrogens (tertiary/aromatic N) is 1. The first kappa shape index (κ1) is 15.0. The van der Waals surface area contributed by atoms with Crippen molar-refractivity contribution < 1.29 is 19.8 Å². The molecule has 3 N–H and O–H groups in total. The molecule has 0 spiro atoms. The maximum Gasteiger partial charge on any atom is 0.309 e. The van der Waals surface area contributed by atoms with Crippen molar-refractivity contribution in [1.29, 1.82) is 0 Å². The van der Waals surface area contributed by atoms with Crippen LogP contribution in [-0.4, -0.2) is 27.1 Å². The molecule has 0 aliphatic rings. The van der Waals surface area contributed by atoms with Crippen LogP contribution in [0.5, 0.6) is 5.75 Å². The van der Waals surface area contributed by atoms with E-state index in [-0.39, 0.29) is 24.5 Å². The van der Waals surface area contributed by atoms with Gasteiger partial charge < -0.3 is 15.5 Å². The Kier molecular flexibility index (Phi) is 4.89. The van der Waals surface area contributed by atoms with Crippen molar-refractivity contribution in [2.45, 2.75) is 19.3 Å². The number of para-hydroxylation sites is 1. The Hall–Kier alpha value is -2.41. The van der Waals surface area contributed by atoms with E-state index < -0.39 is 5.97 Å². The molecular weight excluding hydrogens is 292 g/mol. The molecule has 0 aliphatic carbocycles. The standard InChI is InChI=1S/C14H14N2O4S/c17-11-4-2-1-3-9(11)5-6-12(18)16-14-15-10(8-21-14)7-13(19)20/h1-4,8,17H,5-7H2,(H,19,20)(H,15,16,18). The Balaban J connectivity index is 1.86. The monoisotopic (exact) mass is 306 g/mol. The van der Waals surface area contributed by atoms with E-state index in [0.29, 0.717) is 22.8 Å². The molecule has 6 nitrogen and oxygen atoms in total. The van der Waals surface area contributed by atoms with Crippen molar-refractivity contribution in [3.8, 4) is 5.75 Å². The highest BCUT2D eigenvalue weighted by Gasteiger charge is 2.10. The minimum atomic E-state index is -0.960. The molecule has 2 aromatic rings. The Labute approximate surface area is 125 Å². The molecule has 1 aromatic heterocycles. The topological polar surface area (TPSA) is 99.5 Å². The van der Waals surface area contributed by atoms with Crippen molar-refractivity contribution in [2.75, 3.05) is 5.32 Å². The van der Waals surface area contributed by atoms with Gasteiger partial charge in [0.25, 0.3) is 0 Å². The van der Waals surface area contributed by atoms with Crippen LogP contribution in [0.25, 0.3) is 0 Å². The van der Waals surface area contributed by atoms with Crippen LogP contribution in [0.1, 0.15) is 17.7 Å². The molecule has 21 heavy (non-hydrogen) atoms. The van der Waals surface area contributed by atoms with Crippen LogP contribution in [0.15, 0.2) is 29.6 Å². The number of aromatic hydroxyl groups is 1. The highest BCUT2D eigenvalue weighted by Crippen LogP contribution is 2.19.